The molecule has 7 nitrogen and oxygen atoms in total. The number of carbonyl (C=O) groups excluding carboxylic acids is 1. The summed E-state index contributed by atoms with van der Waals surface area (Å²) in [6.45, 7) is 0.601. The van der Waals surface area contributed by atoms with Crippen molar-refractivity contribution in [3.05, 3.63) is 64.2 Å². The molecule has 1 heterocycles. The first-order chi connectivity index (χ1) is 12.6. The van der Waals surface area contributed by atoms with Gasteiger partial charge in [0.1, 0.15) is 11.5 Å². The molecule has 1 aliphatic heterocycles. The summed E-state index contributed by atoms with van der Waals surface area (Å²) >= 11 is 0. The number of hydrogen-bond donors (Lipinski definition) is 0. The van der Waals surface area contributed by atoms with Gasteiger partial charge in [-0.3, -0.25) is 14.9 Å². The zero-order valence-corrected chi connectivity index (χ0v) is 14.5. The highest BCUT2D eigenvalue weighted by Crippen LogP contribution is 2.32. The molecule has 1 saturated heterocycles. The molecule has 3 rings (SSSR count). The molecule has 2 aromatic rings. The first-order valence-corrected chi connectivity index (χ1v) is 8.39. The highest BCUT2D eigenvalue weighted by atomic mass is 16.6. The number of rotatable bonds is 6. The Labute approximate surface area is 151 Å². The van der Waals surface area contributed by atoms with Gasteiger partial charge < -0.3 is 14.4 Å². The maximum absolute atomic E-state index is 12.6. The van der Waals surface area contributed by atoms with Gasteiger partial charge in [-0.2, -0.15) is 0 Å². The minimum absolute atomic E-state index is 0.0113. The maximum Gasteiger partial charge on any atom is 0.269 e. The van der Waals surface area contributed by atoms with Gasteiger partial charge in [-0.15, -0.1) is 0 Å². The van der Waals surface area contributed by atoms with Crippen molar-refractivity contribution in [1.29, 1.82) is 0 Å². The van der Waals surface area contributed by atoms with Gasteiger partial charge in [0.15, 0.2) is 6.61 Å². The van der Waals surface area contributed by atoms with Crippen LogP contribution in [0.4, 0.5) is 5.69 Å². The van der Waals surface area contributed by atoms with Crippen LogP contribution in [-0.4, -0.2) is 36.0 Å². The topological polar surface area (TPSA) is 81.9 Å². The lowest BCUT2D eigenvalue weighted by Crippen LogP contribution is -2.34. The molecule has 7 heteroatoms. The van der Waals surface area contributed by atoms with Crippen LogP contribution in [0.25, 0.3) is 0 Å². The second-order valence-corrected chi connectivity index (χ2v) is 6.06. The average molecular weight is 356 g/mol. The Morgan fingerprint density at radius 1 is 1.15 bits per heavy atom. The second kappa shape index (κ2) is 7.86. The molecule has 1 fully saturated rings. The Morgan fingerprint density at radius 2 is 1.81 bits per heavy atom. The van der Waals surface area contributed by atoms with Crippen LogP contribution < -0.4 is 9.47 Å². The highest BCUT2D eigenvalue weighted by Gasteiger charge is 2.30. The van der Waals surface area contributed by atoms with Gasteiger partial charge in [0.25, 0.3) is 11.6 Å². The Morgan fingerprint density at radius 3 is 2.42 bits per heavy atom. The normalized spacial score (nSPS) is 16.3. The van der Waals surface area contributed by atoms with Crippen molar-refractivity contribution >= 4 is 11.6 Å². The lowest BCUT2D eigenvalue weighted by molar-refractivity contribution is -0.384. The summed E-state index contributed by atoms with van der Waals surface area (Å²) in [6, 6.07) is 13.5. The minimum atomic E-state index is -0.474. The van der Waals surface area contributed by atoms with Crippen molar-refractivity contribution in [2.75, 3.05) is 20.3 Å². The SMILES string of the molecule is COc1ccc(C2CCCN2C(=O)COc2ccc([N+](=O)[O-])cc2)cc1. The monoisotopic (exact) mass is 356 g/mol. The van der Waals surface area contributed by atoms with E-state index in [1.165, 1.54) is 24.3 Å². The molecule has 0 aliphatic carbocycles. The van der Waals surface area contributed by atoms with E-state index < -0.39 is 4.92 Å². The molecule has 136 valence electrons. The van der Waals surface area contributed by atoms with Crippen LogP contribution in [0, 0.1) is 10.1 Å². The van der Waals surface area contributed by atoms with Crippen LogP contribution in [0.3, 0.4) is 0 Å². The summed E-state index contributed by atoms with van der Waals surface area (Å²) in [6.07, 6.45) is 1.86. The molecule has 0 N–H and O–H groups in total. The number of amides is 1. The van der Waals surface area contributed by atoms with Gasteiger partial charge in [-0.1, -0.05) is 12.1 Å². The summed E-state index contributed by atoms with van der Waals surface area (Å²) in [5.74, 6) is 1.12. The van der Waals surface area contributed by atoms with Gasteiger partial charge in [-0.25, -0.2) is 0 Å². The minimum Gasteiger partial charge on any atom is -0.497 e. The van der Waals surface area contributed by atoms with E-state index in [0.717, 1.165) is 24.2 Å². The van der Waals surface area contributed by atoms with Crippen molar-refractivity contribution in [1.82, 2.24) is 4.90 Å². The lowest BCUT2D eigenvalue weighted by atomic mass is 10.0. The molecule has 1 amide bonds. The Balaban J connectivity index is 1.61. The molecule has 1 aliphatic rings. The van der Waals surface area contributed by atoms with Crippen LogP contribution in [0.5, 0.6) is 11.5 Å². The summed E-state index contributed by atoms with van der Waals surface area (Å²) in [7, 11) is 1.62. The van der Waals surface area contributed by atoms with Crippen molar-refractivity contribution in [2.45, 2.75) is 18.9 Å². The van der Waals surface area contributed by atoms with Gasteiger partial charge >= 0.3 is 0 Å². The zero-order chi connectivity index (χ0) is 18.5. The number of non-ortho nitro benzene ring substituents is 1. The molecule has 0 bridgehead atoms. The van der Waals surface area contributed by atoms with Gasteiger partial charge in [0.2, 0.25) is 0 Å². The third kappa shape index (κ3) is 3.93. The number of nitrogens with zero attached hydrogens (tertiary/aromatic N) is 2. The van der Waals surface area contributed by atoms with E-state index in [9.17, 15) is 14.9 Å². The van der Waals surface area contributed by atoms with E-state index in [-0.39, 0.29) is 24.2 Å². The Bertz CT molecular complexity index is 774. The number of benzene rings is 2. The fourth-order valence-electron chi connectivity index (χ4n) is 3.13. The van der Waals surface area contributed by atoms with Crippen LogP contribution in [0.1, 0.15) is 24.4 Å². The second-order valence-electron chi connectivity index (χ2n) is 6.06. The smallest absolute Gasteiger partial charge is 0.269 e. The molecule has 1 atom stereocenters. The predicted octanol–water partition coefficient (Wildman–Crippen LogP) is 3.35. The first kappa shape index (κ1) is 17.7. The zero-order valence-electron chi connectivity index (χ0n) is 14.5. The van der Waals surface area contributed by atoms with E-state index >= 15 is 0 Å². The van der Waals surface area contributed by atoms with Crippen molar-refractivity contribution in [3.8, 4) is 11.5 Å². The summed E-state index contributed by atoms with van der Waals surface area (Å²) in [4.78, 5) is 24.6. The largest absolute Gasteiger partial charge is 0.497 e. The molecule has 1 unspecified atom stereocenters. The number of carbonyl (C=O) groups is 1. The average Bonchev–Trinajstić information content (AvgIpc) is 3.16. The number of hydrogen-bond acceptors (Lipinski definition) is 5. The number of nitro benzene ring substituents is 1. The highest BCUT2D eigenvalue weighted by molar-refractivity contribution is 5.78. The standard InChI is InChI=1S/C19H20N2O5/c1-25-16-8-4-14(5-9-16)18-3-2-12-20(18)19(22)13-26-17-10-6-15(7-11-17)21(23)24/h4-11,18H,2-3,12-13H2,1H3. The number of nitro groups is 1. The van der Waals surface area contributed by atoms with Crippen molar-refractivity contribution in [2.24, 2.45) is 0 Å². The molecule has 26 heavy (non-hydrogen) atoms. The first-order valence-electron chi connectivity index (χ1n) is 8.39. The van der Waals surface area contributed by atoms with E-state index in [2.05, 4.69) is 0 Å². The van der Waals surface area contributed by atoms with Gasteiger partial charge in [0, 0.05) is 18.7 Å². The number of ether oxygens (including phenoxy) is 2. The van der Waals surface area contributed by atoms with Gasteiger partial charge in [0.05, 0.1) is 18.1 Å². The quantitative estimate of drug-likeness (QED) is 0.586. The van der Waals surface area contributed by atoms with E-state index in [4.69, 9.17) is 9.47 Å². The predicted molar refractivity (Wildman–Crippen MR) is 95.3 cm³/mol. The van der Waals surface area contributed by atoms with E-state index in [1.807, 2.05) is 29.2 Å². The summed E-state index contributed by atoms with van der Waals surface area (Å²) < 4.78 is 10.7. The molecular formula is C19H20N2O5. The van der Waals surface area contributed by atoms with Crippen LogP contribution in [-0.2, 0) is 4.79 Å². The lowest BCUT2D eigenvalue weighted by Gasteiger charge is -2.25. The molecule has 2 aromatic carbocycles. The summed E-state index contributed by atoms with van der Waals surface area (Å²) in [5.41, 5.74) is 1.06. The molecular weight excluding hydrogens is 336 g/mol. The summed E-state index contributed by atoms with van der Waals surface area (Å²) in [5, 5.41) is 10.7. The van der Waals surface area contributed by atoms with Crippen LogP contribution >= 0.6 is 0 Å². The number of likely N-dealkylation sites (tertiary alicyclic amines) is 1. The van der Waals surface area contributed by atoms with E-state index in [1.54, 1.807) is 7.11 Å². The van der Waals surface area contributed by atoms with Crippen molar-refractivity contribution in [3.63, 3.8) is 0 Å². The third-order valence-electron chi connectivity index (χ3n) is 4.48. The maximum atomic E-state index is 12.6. The molecule has 0 radical (unpaired) electrons. The number of methoxy groups -OCH3 is 1. The van der Waals surface area contributed by atoms with Gasteiger partial charge in [-0.05, 0) is 42.7 Å². The Kier molecular flexibility index (Phi) is 5.36. The fraction of sp³-hybridized carbons (Fsp3) is 0.316. The molecule has 0 spiro atoms. The molecule has 0 aromatic heterocycles. The molecule has 0 saturated carbocycles. The van der Waals surface area contributed by atoms with Crippen LogP contribution in [0.15, 0.2) is 48.5 Å². The third-order valence-corrected chi connectivity index (χ3v) is 4.48. The van der Waals surface area contributed by atoms with Crippen molar-refractivity contribution < 1.29 is 19.2 Å². The van der Waals surface area contributed by atoms with E-state index in [0.29, 0.717) is 12.3 Å². The Hall–Kier alpha value is -3.09. The fourth-order valence-corrected chi connectivity index (χ4v) is 3.13. The van der Waals surface area contributed by atoms with Crippen LogP contribution in [0.2, 0.25) is 0 Å².